The molecule has 0 aromatic heterocycles. The molecular formula is C18H21ClO4S2. The highest BCUT2D eigenvalue weighted by Crippen LogP contribution is 2.30. The Morgan fingerprint density at radius 1 is 0.960 bits per heavy atom. The number of aromatic hydroxyl groups is 2. The van der Waals surface area contributed by atoms with E-state index in [0.717, 1.165) is 23.9 Å². The molecule has 25 heavy (non-hydrogen) atoms. The van der Waals surface area contributed by atoms with Gasteiger partial charge in [0.05, 0.1) is 31.3 Å². The minimum atomic E-state index is 0.232. The normalized spacial score (nSPS) is 19.8. The first-order chi connectivity index (χ1) is 12.1. The third kappa shape index (κ3) is 8.74. The highest BCUT2D eigenvalue weighted by molar-refractivity contribution is 7.99. The summed E-state index contributed by atoms with van der Waals surface area (Å²) in [6.45, 7) is 1.75. The van der Waals surface area contributed by atoms with Crippen LogP contribution >= 0.6 is 36.0 Å². The van der Waals surface area contributed by atoms with E-state index in [1.165, 1.54) is 0 Å². The number of alkyl halides is 1. The number of halogens is 1. The fraction of sp³-hybridized carbons (Fsp3) is 0.333. The van der Waals surface area contributed by atoms with Crippen LogP contribution in [0.15, 0.2) is 58.3 Å². The number of phenols is 2. The molecule has 2 saturated heterocycles. The van der Waals surface area contributed by atoms with Crippen molar-refractivity contribution in [2.75, 3.05) is 24.8 Å². The van der Waals surface area contributed by atoms with Crippen LogP contribution < -0.4 is 0 Å². The van der Waals surface area contributed by atoms with E-state index in [4.69, 9.17) is 26.2 Å². The lowest BCUT2D eigenvalue weighted by molar-refractivity contribution is 0.425. The van der Waals surface area contributed by atoms with Crippen molar-refractivity contribution in [2.45, 2.75) is 22.0 Å². The number of hydrogen-bond donors (Lipinski definition) is 3. The van der Waals surface area contributed by atoms with E-state index in [1.807, 2.05) is 24.3 Å². The average molecular weight is 401 g/mol. The average Bonchev–Trinajstić information content (AvgIpc) is 3.51. The van der Waals surface area contributed by atoms with Gasteiger partial charge < -0.3 is 19.7 Å². The molecule has 7 heteroatoms. The minimum Gasteiger partial charge on any atom is -0.507 e. The van der Waals surface area contributed by atoms with Crippen LogP contribution in [0.2, 0.25) is 0 Å². The van der Waals surface area contributed by atoms with Crippen LogP contribution in [0.5, 0.6) is 11.5 Å². The number of rotatable bonds is 4. The Bertz CT molecular complexity index is 627. The summed E-state index contributed by atoms with van der Waals surface area (Å²) in [4.78, 5) is 1.56. The van der Waals surface area contributed by atoms with Gasteiger partial charge in [0.15, 0.2) is 0 Å². The largest absolute Gasteiger partial charge is 0.507 e. The minimum absolute atomic E-state index is 0.232. The molecule has 2 aromatic carbocycles. The van der Waals surface area contributed by atoms with Crippen molar-refractivity contribution >= 4 is 36.0 Å². The Morgan fingerprint density at radius 3 is 1.92 bits per heavy atom. The maximum absolute atomic E-state index is 9.38. The standard InChI is InChI=1S/C9H10O2S.C6H6OS.C3H5ClO/c10-8-3-1-2-4-9(8)12-6-7-5-11-7;7-5-3-1-2-4-6(5)8;4-1-3-2-5-3/h1-4,7,10H,5-6H2;1-4,7-8H;3H,1-2H2. The van der Waals surface area contributed by atoms with Gasteiger partial charge in [-0.25, -0.2) is 0 Å². The van der Waals surface area contributed by atoms with Gasteiger partial charge in [-0.1, -0.05) is 24.3 Å². The van der Waals surface area contributed by atoms with E-state index >= 15 is 0 Å². The molecule has 2 unspecified atom stereocenters. The van der Waals surface area contributed by atoms with Gasteiger partial charge in [-0.3, -0.25) is 0 Å². The summed E-state index contributed by atoms with van der Waals surface area (Å²) in [6.07, 6.45) is 0.811. The summed E-state index contributed by atoms with van der Waals surface area (Å²) >= 11 is 10.9. The van der Waals surface area contributed by atoms with Gasteiger partial charge in [-0.15, -0.1) is 36.0 Å². The molecule has 4 rings (SSSR count). The Hall–Kier alpha value is -1.05. The zero-order chi connectivity index (χ0) is 18.1. The predicted molar refractivity (Wildman–Crippen MR) is 104 cm³/mol. The molecule has 136 valence electrons. The van der Waals surface area contributed by atoms with Crippen LogP contribution in [0.4, 0.5) is 0 Å². The molecule has 0 spiro atoms. The predicted octanol–water partition coefficient (Wildman–Crippen LogP) is 4.19. The highest BCUT2D eigenvalue weighted by atomic mass is 35.5. The summed E-state index contributed by atoms with van der Waals surface area (Å²) in [7, 11) is 0. The van der Waals surface area contributed by atoms with Crippen molar-refractivity contribution in [1.29, 1.82) is 0 Å². The molecule has 2 N–H and O–H groups in total. The van der Waals surface area contributed by atoms with Crippen molar-refractivity contribution in [3.05, 3.63) is 48.5 Å². The molecule has 2 heterocycles. The summed E-state index contributed by atoms with van der Waals surface area (Å²) in [5.41, 5.74) is 0. The zero-order valence-electron chi connectivity index (χ0n) is 13.5. The summed E-state index contributed by atoms with van der Waals surface area (Å²) in [5.74, 6) is 2.20. The fourth-order valence-corrected chi connectivity index (χ4v) is 2.83. The number of phenolic OH excluding ortho intramolecular Hbond substituents is 2. The highest BCUT2D eigenvalue weighted by Gasteiger charge is 2.22. The van der Waals surface area contributed by atoms with Crippen LogP contribution in [0.25, 0.3) is 0 Å². The Kier molecular flexibility index (Phi) is 8.78. The number of epoxide rings is 2. The lowest BCUT2D eigenvalue weighted by Gasteiger charge is -2.00. The van der Waals surface area contributed by atoms with Gasteiger partial charge in [-0.05, 0) is 24.3 Å². The van der Waals surface area contributed by atoms with Gasteiger partial charge >= 0.3 is 0 Å². The molecule has 4 nitrogen and oxygen atoms in total. The number of hydrogen-bond acceptors (Lipinski definition) is 6. The number of para-hydroxylation sites is 2. The smallest absolute Gasteiger partial charge is 0.129 e. The lowest BCUT2D eigenvalue weighted by atomic mass is 10.3. The van der Waals surface area contributed by atoms with Gasteiger partial charge in [0, 0.05) is 15.5 Å². The number of thioether (sulfide) groups is 1. The molecule has 2 atom stereocenters. The zero-order valence-corrected chi connectivity index (χ0v) is 16.0. The van der Waals surface area contributed by atoms with E-state index in [1.54, 1.807) is 36.0 Å². The molecule has 2 aliphatic heterocycles. The molecule has 2 aromatic rings. The second kappa shape index (κ2) is 10.8. The topological polar surface area (TPSA) is 65.5 Å². The fourth-order valence-electron chi connectivity index (χ4n) is 1.55. The number of benzene rings is 2. The first-order valence-electron chi connectivity index (χ1n) is 7.77. The molecule has 0 bridgehead atoms. The maximum Gasteiger partial charge on any atom is 0.129 e. The second-order valence-corrected chi connectivity index (χ2v) is 7.18. The Balaban J connectivity index is 0.000000149. The van der Waals surface area contributed by atoms with Crippen molar-refractivity contribution in [2.24, 2.45) is 0 Å². The lowest BCUT2D eigenvalue weighted by Crippen LogP contribution is -1.88. The number of ether oxygens (including phenoxy) is 2. The van der Waals surface area contributed by atoms with Crippen LogP contribution in [-0.2, 0) is 9.47 Å². The summed E-state index contributed by atoms with van der Waals surface area (Å²) in [6, 6.07) is 14.3. The molecule has 0 radical (unpaired) electrons. The molecule has 2 fully saturated rings. The van der Waals surface area contributed by atoms with E-state index in [0.29, 0.717) is 28.7 Å². The SMILES string of the molecule is ClCC1CO1.Oc1ccccc1S.Oc1ccccc1SCC1CO1. The number of thiol groups is 1. The third-order valence-corrected chi connectivity index (χ3v) is 5.07. The molecule has 0 amide bonds. The molecule has 0 saturated carbocycles. The molecule has 0 aliphatic carbocycles. The van der Waals surface area contributed by atoms with Crippen LogP contribution in [-0.4, -0.2) is 47.3 Å². The summed E-state index contributed by atoms with van der Waals surface area (Å²) in [5, 5.41) is 18.2. The van der Waals surface area contributed by atoms with Crippen molar-refractivity contribution in [3.8, 4) is 11.5 Å². The van der Waals surface area contributed by atoms with E-state index in [-0.39, 0.29) is 5.75 Å². The van der Waals surface area contributed by atoms with Crippen molar-refractivity contribution in [3.63, 3.8) is 0 Å². The van der Waals surface area contributed by atoms with Gasteiger partial charge in [0.25, 0.3) is 0 Å². The third-order valence-electron chi connectivity index (χ3n) is 3.15. The Labute approximate surface area is 162 Å². The molecular weight excluding hydrogens is 380 g/mol. The van der Waals surface area contributed by atoms with Crippen LogP contribution in [0.3, 0.4) is 0 Å². The van der Waals surface area contributed by atoms with E-state index in [2.05, 4.69) is 12.6 Å². The van der Waals surface area contributed by atoms with Crippen molar-refractivity contribution in [1.82, 2.24) is 0 Å². The van der Waals surface area contributed by atoms with Crippen LogP contribution in [0.1, 0.15) is 0 Å². The van der Waals surface area contributed by atoms with Crippen molar-refractivity contribution < 1.29 is 19.7 Å². The second-order valence-electron chi connectivity index (χ2n) is 5.33. The first-order valence-corrected chi connectivity index (χ1v) is 9.73. The molecule has 2 aliphatic rings. The van der Waals surface area contributed by atoms with E-state index < -0.39 is 0 Å². The monoisotopic (exact) mass is 400 g/mol. The van der Waals surface area contributed by atoms with Crippen LogP contribution in [0, 0.1) is 0 Å². The van der Waals surface area contributed by atoms with Gasteiger partial charge in [0.2, 0.25) is 0 Å². The maximum atomic E-state index is 9.38. The quantitative estimate of drug-likeness (QED) is 0.311. The summed E-state index contributed by atoms with van der Waals surface area (Å²) < 4.78 is 9.79. The van der Waals surface area contributed by atoms with Gasteiger partial charge in [0.1, 0.15) is 11.5 Å². The van der Waals surface area contributed by atoms with E-state index in [9.17, 15) is 5.11 Å². The Morgan fingerprint density at radius 2 is 1.52 bits per heavy atom. The van der Waals surface area contributed by atoms with Gasteiger partial charge in [-0.2, -0.15) is 0 Å². The first kappa shape index (κ1) is 20.3.